The van der Waals surface area contributed by atoms with Gasteiger partial charge in [0, 0.05) is 10.8 Å². The molecule has 1 aliphatic carbocycles. The van der Waals surface area contributed by atoms with Gasteiger partial charge in [-0.25, -0.2) is 0 Å². The SMILES string of the molecule is CCCCCCCCCCCC[NH+](C)C.N#Cc1sc2c(=O)c3ccccc3c(=O)c=2sc1C#N.[Cl-]. The second kappa shape index (κ2) is 17.2. The number of nitrogens with zero attached hydrogens (tertiary/aromatic N) is 2. The number of unbranched alkanes of at least 4 members (excludes halogenated alkanes) is 9. The Labute approximate surface area is 228 Å². The maximum absolute atomic E-state index is 12.4. The zero-order chi connectivity index (χ0) is 25.6. The highest BCUT2D eigenvalue weighted by molar-refractivity contribution is 7.18. The third kappa shape index (κ3) is 9.30. The molecule has 1 aliphatic heterocycles. The summed E-state index contributed by atoms with van der Waals surface area (Å²) in [7, 11) is 4.49. The molecule has 8 heteroatoms. The van der Waals surface area contributed by atoms with E-state index in [0.717, 1.165) is 22.7 Å². The summed E-state index contributed by atoms with van der Waals surface area (Å²) in [4.78, 5) is 26.7. The lowest BCUT2D eigenvalue weighted by atomic mass is 10.1. The highest BCUT2D eigenvalue weighted by Crippen LogP contribution is 2.20. The minimum absolute atomic E-state index is 0. The zero-order valence-corrected chi connectivity index (χ0v) is 23.9. The second-order valence-corrected chi connectivity index (χ2v) is 11.1. The van der Waals surface area contributed by atoms with Crippen LogP contribution in [0.4, 0.5) is 0 Å². The van der Waals surface area contributed by atoms with E-state index in [4.69, 9.17) is 10.5 Å². The van der Waals surface area contributed by atoms with E-state index in [1.807, 2.05) is 12.1 Å². The van der Waals surface area contributed by atoms with Gasteiger partial charge < -0.3 is 17.3 Å². The molecule has 0 aromatic heterocycles. The lowest BCUT2D eigenvalue weighted by Crippen LogP contribution is -3.05. The fourth-order valence-corrected chi connectivity index (χ4v) is 5.98. The number of rotatable bonds is 11. The molecular weight excluding hydrogens is 510 g/mol. The molecule has 0 amide bonds. The lowest BCUT2D eigenvalue weighted by Gasteiger charge is -2.06. The summed E-state index contributed by atoms with van der Waals surface area (Å²) in [5.41, 5.74) is -0.533. The normalized spacial score (nSPS) is 10.4. The van der Waals surface area contributed by atoms with Crippen molar-refractivity contribution in [2.45, 2.75) is 71.1 Å². The number of halogens is 1. The van der Waals surface area contributed by atoms with Gasteiger partial charge >= 0.3 is 0 Å². The predicted octanol–water partition coefficient (Wildman–Crippen LogP) is 2.21. The minimum Gasteiger partial charge on any atom is -1.00 e. The van der Waals surface area contributed by atoms with Crippen LogP contribution in [-0.2, 0) is 0 Å². The predicted molar refractivity (Wildman–Crippen MR) is 146 cm³/mol. The maximum Gasteiger partial charge on any atom is 0.205 e. The molecule has 2 aliphatic rings. The van der Waals surface area contributed by atoms with Gasteiger partial charge in [-0.2, -0.15) is 10.5 Å². The van der Waals surface area contributed by atoms with Crippen LogP contribution in [0, 0.1) is 31.7 Å². The average molecular weight is 546 g/mol. The lowest BCUT2D eigenvalue weighted by molar-refractivity contribution is -0.858. The van der Waals surface area contributed by atoms with Crippen molar-refractivity contribution in [1.29, 1.82) is 10.5 Å². The smallest absolute Gasteiger partial charge is 0.205 e. The van der Waals surface area contributed by atoms with Gasteiger partial charge in [0.2, 0.25) is 10.9 Å². The third-order valence-electron chi connectivity index (χ3n) is 5.88. The number of benzene rings is 1. The Balaban J connectivity index is 0.000000367. The van der Waals surface area contributed by atoms with Crippen LogP contribution >= 0.6 is 22.7 Å². The molecule has 0 saturated heterocycles. The van der Waals surface area contributed by atoms with E-state index >= 15 is 0 Å². The van der Waals surface area contributed by atoms with E-state index in [1.54, 1.807) is 29.2 Å². The molecule has 1 aromatic rings. The molecule has 0 radical (unpaired) electrons. The third-order valence-corrected chi connectivity index (χ3v) is 8.33. The molecule has 1 aromatic carbocycles. The zero-order valence-electron chi connectivity index (χ0n) is 21.5. The Morgan fingerprint density at radius 1 is 0.722 bits per heavy atom. The van der Waals surface area contributed by atoms with Gasteiger partial charge in [-0.1, -0.05) is 82.6 Å². The van der Waals surface area contributed by atoms with Crippen LogP contribution in [-0.4, -0.2) is 20.6 Å². The Bertz CT molecular complexity index is 1260. The second-order valence-electron chi connectivity index (χ2n) is 9.09. The van der Waals surface area contributed by atoms with Crippen molar-refractivity contribution < 1.29 is 17.3 Å². The summed E-state index contributed by atoms with van der Waals surface area (Å²) in [5, 5.41) is 18.7. The number of hydrogen-bond donors (Lipinski definition) is 1. The Kier molecular flexibility index (Phi) is 15.2. The van der Waals surface area contributed by atoms with E-state index in [-0.39, 0.29) is 42.1 Å². The monoisotopic (exact) mass is 545 g/mol. The van der Waals surface area contributed by atoms with Gasteiger partial charge in [-0.05, 0) is 12.8 Å². The van der Waals surface area contributed by atoms with E-state index < -0.39 is 0 Å². The molecule has 5 nitrogen and oxygen atoms in total. The first-order valence-corrected chi connectivity index (χ1v) is 14.2. The fraction of sp³-hybridized carbons (Fsp3) is 0.500. The maximum atomic E-state index is 12.4. The van der Waals surface area contributed by atoms with Crippen molar-refractivity contribution in [3.63, 3.8) is 0 Å². The van der Waals surface area contributed by atoms with Crippen molar-refractivity contribution in [2.24, 2.45) is 0 Å². The standard InChI is InChI=1S/C14H4N2O2S2.C14H31N.ClH/c15-5-9-10(6-16)20-14-12(18)8-4-2-1-3-7(8)11(17)13(14)19-9;1-4-5-6-7-8-9-10-11-12-13-14-15(2)3;/h1-4H;4-14H2,1-3H3;1H. The molecule has 36 heavy (non-hydrogen) atoms. The Morgan fingerprint density at radius 2 is 1.11 bits per heavy atom. The quantitative estimate of drug-likeness (QED) is 0.374. The highest BCUT2D eigenvalue weighted by atomic mass is 35.5. The average Bonchev–Trinajstić information content (AvgIpc) is 2.87. The Hall–Kier alpha value is -2.29. The molecule has 0 spiro atoms. The molecule has 0 fully saturated rings. The van der Waals surface area contributed by atoms with Gasteiger partial charge in [-0.3, -0.25) is 9.59 Å². The van der Waals surface area contributed by atoms with Gasteiger partial charge in [0.05, 0.1) is 29.7 Å². The minimum atomic E-state index is -0.266. The van der Waals surface area contributed by atoms with Crippen LogP contribution in [0.1, 0.15) is 80.9 Å². The highest BCUT2D eigenvalue weighted by Gasteiger charge is 2.12. The summed E-state index contributed by atoms with van der Waals surface area (Å²) in [6.45, 7) is 3.63. The van der Waals surface area contributed by atoms with Gasteiger partial charge in [0.25, 0.3) is 0 Å². The largest absolute Gasteiger partial charge is 1.00 e. The number of quaternary nitrogens is 1. The first kappa shape index (κ1) is 31.7. The molecular formula is C28H36ClN3O2S2. The van der Waals surface area contributed by atoms with E-state index in [0.29, 0.717) is 10.8 Å². The first-order valence-electron chi connectivity index (χ1n) is 12.6. The van der Waals surface area contributed by atoms with Crippen LogP contribution in [0.25, 0.3) is 10.8 Å². The van der Waals surface area contributed by atoms with Crippen molar-refractivity contribution in [1.82, 2.24) is 0 Å². The number of nitriles is 2. The molecule has 0 atom stereocenters. The number of nitrogens with one attached hydrogen (secondary N) is 1. The van der Waals surface area contributed by atoms with Crippen LogP contribution in [0.2, 0.25) is 0 Å². The molecule has 194 valence electrons. The van der Waals surface area contributed by atoms with E-state index in [2.05, 4.69) is 21.0 Å². The van der Waals surface area contributed by atoms with Crippen molar-refractivity contribution in [3.05, 3.63) is 63.5 Å². The van der Waals surface area contributed by atoms with Gasteiger partial charge in [0.15, 0.2) is 0 Å². The number of hydrogen-bond acceptors (Lipinski definition) is 6. The van der Waals surface area contributed by atoms with Gasteiger partial charge in [0.1, 0.15) is 21.9 Å². The van der Waals surface area contributed by atoms with Crippen molar-refractivity contribution in [3.8, 4) is 12.1 Å². The van der Waals surface area contributed by atoms with Crippen LogP contribution in [0.15, 0.2) is 33.9 Å². The Morgan fingerprint density at radius 3 is 1.47 bits per heavy atom. The van der Waals surface area contributed by atoms with Crippen LogP contribution in [0.3, 0.4) is 0 Å². The molecule has 3 rings (SSSR count). The summed E-state index contributed by atoms with van der Waals surface area (Å²) in [6.07, 6.45) is 14.5. The first-order chi connectivity index (χ1) is 16.9. The topological polar surface area (TPSA) is 86.2 Å². The molecule has 0 saturated carbocycles. The molecule has 0 bridgehead atoms. The van der Waals surface area contributed by atoms with Crippen LogP contribution in [0.5, 0.6) is 0 Å². The fourth-order valence-electron chi connectivity index (χ4n) is 3.93. The van der Waals surface area contributed by atoms with Crippen molar-refractivity contribution >= 4 is 33.4 Å². The van der Waals surface area contributed by atoms with Crippen molar-refractivity contribution in [2.75, 3.05) is 20.6 Å². The molecule has 1 N–H and O–H groups in total. The summed E-state index contributed by atoms with van der Waals surface area (Å²) >= 11 is 1.82. The molecule has 1 heterocycles. The summed E-state index contributed by atoms with van der Waals surface area (Å²) in [6, 6.07) is 10.4. The van der Waals surface area contributed by atoms with Gasteiger partial charge in [-0.15, -0.1) is 22.7 Å². The number of fused-ring (bicyclic) bond motifs is 1. The summed E-state index contributed by atoms with van der Waals surface area (Å²) < 4.78 is 0.489. The van der Waals surface area contributed by atoms with E-state index in [9.17, 15) is 9.59 Å². The molecule has 0 unspecified atom stereocenters. The summed E-state index contributed by atoms with van der Waals surface area (Å²) in [5.74, 6) is 0. The van der Waals surface area contributed by atoms with E-state index in [1.165, 1.54) is 70.8 Å². The van der Waals surface area contributed by atoms with Crippen LogP contribution < -0.4 is 28.2 Å².